The molecule has 0 N–H and O–H groups in total. The molecule has 1 heterocycles. The summed E-state index contributed by atoms with van der Waals surface area (Å²) in [6.45, 7) is 12.8. The van der Waals surface area contributed by atoms with E-state index in [0.717, 1.165) is 17.8 Å². The molecule has 3 atom stereocenters. The molecule has 1 aliphatic carbocycles. The van der Waals surface area contributed by atoms with Crippen LogP contribution in [-0.2, 0) is 0 Å². The lowest BCUT2D eigenvalue weighted by atomic mass is 9.65. The van der Waals surface area contributed by atoms with E-state index >= 15 is 0 Å². The average molecular weight is 247 g/mol. The molecule has 0 radical (unpaired) electrons. The van der Waals surface area contributed by atoms with E-state index in [1.807, 2.05) is 0 Å². The van der Waals surface area contributed by atoms with Crippen molar-refractivity contribution in [1.29, 1.82) is 0 Å². The van der Waals surface area contributed by atoms with Crippen LogP contribution in [0, 0.1) is 17.8 Å². The molecule has 0 aromatic heterocycles. The molecule has 102 valence electrons. The van der Waals surface area contributed by atoms with Crippen LogP contribution in [0.2, 0.25) is 0 Å². The molecule has 0 aromatic carbocycles. The summed E-state index contributed by atoms with van der Waals surface area (Å²) in [6, 6.07) is 0.621. The highest BCUT2D eigenvalue weighted by Gasteiger charge is 2.34. The highest BCUT2D eigenvalue weighted by Crippen LogP contribution is 2.43. The topological polar surface area (TPSA) is 3.24 Å². The maximum absolute atomic E-state index is 2.60. The maximum atomic E-state index is 2.60. The van der Waals surface area contributed by atoms with Gasteiger partial charge < -0.3 is 4.90 Å². The second-order valence-electron chi connectivity index (χ2n) is 6.52. The van der Waals surface area contributed by atoms with Crippen LogP contribution >= 0.6 is 0 Å². The van der Waals surface area contributed by atoms with Crippen LogP contribution < -0.4 is 0 Å². The van der Waals surface area contributed by atoms with Gasteiger partial charge in [0.2, 0.25) is 0 Å². The number of nitrogens with zero attached hydrogens (tertiary/aromatic N) is 1. The molecule has 2 aliphatic rings. The van der Waals surface area contributed by atoms with Gasteiger partial charge in [-0.05, 0) is 63.4 Å². The third-order valence-electron chi connectivity index (χ3n) is 4.83. The third-order valence-corrected chi connectivity index (χ3v) is 4.83. The van der Waals surface area contributed by atoms with E-state index < -0.39 is 0 Å². The van der Waals surface area contributed by atoms with Gasteiger partial charge in [-0.15, -0.1) is 0 Å². The lowest BCUT2D eigenvalue weighted by Crippen LogP contribution is -2.36. The molecule has 2 fully saturated rings. The Morgan fingerprint density at radius 3 is 2.39 bits per heavy atom. The monoisotopic (exact) mass is 247 g/mol. The fraction of sp³-hybridized carbons (Fsp3) is 0.765. The van der Waals surface area contributed by atoms with Crippen molar-refractivity contribution in [3.05, 3.63) is 23.4 Å². The number of piperidine rings is 1. The van der Waals surface area contributed by atoms with E-state index in [1.54, 1.807) is 5.57 Å². The predicted molar refractivity (Wildman–Crippen MR) is 79.4 cm³/mol. The highest BCUT2D eigenvalue weighted by atomic mass is 15.2. The van der Waals surface area contributed by atoms with Gasteiger partial charge in [0.1, 0.15) is 0 Å². The second kappa shape index (κ2) is 5.50. The van der Waals surface area contributed by atoms with Crippen molar-refractivity contribution in [1.82, 2.24) is 4.90 Å². The zero-order chi connectivity index (χ0) is 13.3. The van der Waals surface area contributed by atoms with Gasteiger partial charge in [-0.3, -0.25) is 0 Å². The molecule has 18 heavy (non-hydrogen) atoms. The van der Waals surface area contributed by atoms with E-state index in [-0.39, 0.29) is 0 Å². The molecule has 0 bridgehead atoms. The van der Waals surface area contributed by atoms with Crippen LogP contribution in [0.1, 0.15) is 53.9 Å². The zero-order valence-electron chi connectivity index (χ0n) is 12.7. The van der Waals surface area contributed by atoms with Crippen LogP contribution in [0.3, 0.4) is 0 Å². The van der Waals surface area contributed by atoms with Crippen molar-refractivity contribution in [3.8, 4) is 0 Å². The fourth-order valence-corrected chi connectivity index (χ4v) is 3.76. The summed E-state index contributed by atoms with van der Waals surface area (Å²) in [5.74, 6) is 2.60. The summed E-state index contributed by atoms with van der Waals surface area (Å²) >= 11 is 0. The summed E-state index contributed by atoms with van der Waals surface area (Å²) in [5, 5.41) is 0. The molecule has 1 heteroatoms. The normalized spacial score (nSPS) is 37.4. The highest BCUT2D eigenvalue weighted by molar-refractivity contribution is 5.33. The largest absolute Gasteiger partial charge is 0.369 e. The first-order chi connectivity index (χ1) is 8.54. The molecule has 0 spiro atoms. The lowest BCUT2D eigenvalue weighted by Gasteiger charge is -2.42. The van der Waals surface area contributed by atoms with Crippen LogP contribution in [0.4, 0.5) is 0 Å². The molecule has 1 saturated heterocycles. The molecule has 0 amide bonds. The first kappa shape index (κ1) is 13.7. The fourth-order valence-electron chi connectivity index (χ4n) is 3.76. The number of hydrogen-bond donors (Lipinski definition) is 0. The molecule has 0 aromatic rings. The Bertz CT molecular complexity index is 343. The van der Waals surface area contributed by atoms with Gasteiger partial charge in [-0.1, -0.05) is 26.0 Å². The van der Waals surface area contributed by atoms with Crippen molar-refractivity contribution in [2.45, 2.75) is 59.9 Å². The number of hydrogen-bond acceptors (Lipinski definition) is 1. The Hall–Kier alpha value is -0.720. The number of allylic oxidation sites excluding steroid dienone is 3. The second-order valence-corrected chi connectivity index (χ2v) is 6.52. The van der Waals surface area contributed by atoms with Crippen molar-refractivity contribution in [2.24, 2.45) is 17.8 Å². The smallest absolute Gasteiger partial charge is 0.0354 e. The Morgan fingerprint density at radius 2 is 1.89 bits per heavy atom. The van der Waals surface area contributed by atoms with E-state index in [1.165, 1.54) is 31.5 Å². The first-order valence-corrected chi connectivity index (χ1v) is 7.68. The van der Waals surface area contributed by atoms with Gasteiger partial charge in [0.15, 0.2) is 0 Å². The summed E-state index contributed by atoms with van der Waals surface area (Å²) in [6.07, 6.45) is 8.92. The lowest BCUT2D eigenvalue weighted by molar-refractivity contribution is 0.146. The van der Waals surface area contributed by atoms with Gasteiger partial charge in [0.05, 0.1) is 0 Å². The Morgan fingerprint density at radius 1 is 1.22 bits per heavy atom. The maximum Gasteiger partial charge on any atom is 0.0354 e. The summed E-state index contributed by atoms with van der Waals surface area (Å²) < 4.78 is 0. The minimum atomic E-state index is 0.621. The molecule has 1 aliphatic heterocycles. The number of likely N-dealkylation sites (tertiary alicyclic amines) is 1. The van der Waals surface area contributed by atoms with Crippen LogP contribution in [0.25, 0.3) is 0 Å². The van der Waals surface area contributed by atoms with Crippen molar-refractivity contribution >= 4 is 0 Å². The Labute approximate surface area is 113 Å². The van der Waals surface area contributed by atoms with Crippen molar-refractivity contribution in [2.75, 3.05) is 6.54 Å². The quantitative estimate of drug-likeness (QED) is 0.688. The van der Waals surface area contributed by atoms with Crippen LogP contribution in [-0.4, -0.2) is 17.5 Å². The minimum Gasteiger partial charge on any atom is -0.369 e. The predicted octanol–water partition coefficient (Wildman–Crippen LogP) is 4.61. The summed E-state index contributed by atoms with van der Waals surface area (Å²) in [4.78, 5) is 2.57. The summed E-state index contributed by atoms with van der Waals surface area (Å²) in [7, 11) is 0. The van der Waals surface area contributed by atoms with Gasteiger partial charge in [-0.2, -0.15) is 0 Å². The summed E-state index contributed by atoms with van der Waals surface area (Å²) in [5.41, 5.74) is 3.11. The van der Waals surface area contributed by atoms with Crippen LogP contribution in [0.5, 0.6) is 0 Å². The van der Waals surface area contributed by atoms with E-state index in [0.29, 0.717) is 6.04 Å². The van der Waals surface area contributed by atoms with E-state index in [4.69, 9.17) is 0 Å². The molecular weight excluding hydrogens is 218 g/mol. The first-order valence-electron chi connectivity index (χ1n) is 7.68. The average Bonchev–Trinajstić information content (AvgIpc) is 2.35. The SMILES string of the molecule is C/C=C1\C(=C/C2C(C)C[C@H]2C)CCCN1C(C)C. The molecule has 1 saturated carbocycles. The van der Waals surface area contributed by atoms with Gasteiger partial charge >= 0.3 is 0 Å². The Balaban J connectivity index is 2.18. The van der Waals surface area contributed by atoms with Gasteiger partial charge in [0.25, 0.3) is 0 Å². The van der Waals surface area contributed by atoms with E-state index in [2.05, 4.69) is 51.7 Å². The van der Waals surface area contributed by atoms with Crippen molar-refractivity contribution in [3.63, 3.8) is 0 Å². The zero-order valence-corrected chi connectivity index (χ0v) is 12.7. The van der Waals surface area contributed by atoms with E-state index in [9.17, 15) is 0 Å². The van der Waals surface area contributed by atoms with Gasteiger partial charge in [-0.25, -0.2) is 0 Å². The third kappa shape index (κ3) is 2.50. The minimum absolute atomic E-state index is 0.621. The molecule has 1 nitrogen and oxygen atoms in total. The van der Waals surface area contributed by atoms with Crippen LogP contribution in [0.15, 0.2) is 23.4 Å². The van der Waals surface area contributed by atoms with Crippen molar-refractivity contribution < 1.29 is 0 Å². The standard InChI is InChI=1S/C17H29N/c1-6-17-15(8-7-9-18(17)12(2)3)11-16-13(4)10-14(16)5/h6,11-14,16H,7-10H2,1-5H3/b15-11-,17-6+/t13-,14?,16?/m1/s1. The molecule has 2 rings (SSSR count). The van der Waals surface area contributed by atoms with Gasteiger partial charge in [0, 0.05) is 18.3 Å². The molecule has 2 unspecified atom stereocenters. The molecular formula is C17H29N. The Kier molecular flexibility index (Phi) is 4.19. The number of rotatable bonds is 2.